The van der Waals surface area contributed by atoms with E-state index in [1.807, 2.05) is 23.1 Å². The summed E-state index contributed by atoms with van der Waals surface area (Å²) in [5, 5.41) is 3.37. The van der Waals surface area contributed by atoms with Crippen LogP contribution in [0.5, 0.6) is 5.75 Å². The van der Waals surface area contributed by atoms with Gasteiger partial charge >= 0.3 is 0 Å². The molecular weight excluding hydrogens is 477 g/mol. The fraction of sp³-hybridized carbons (Fsp3) is 0.632. The van der Waals surface area contributed by atoms with Crippen LogP contribution in [0.4, 0.5) is 0 Å². The van der Waals surface area contributed by atoms with Crippen LogP contribution < -0.4 is 10.1 Å². The topological polar surface area (TPSA) is 71.0 Å². The van der Waals surface area contributed by atoms with Crippen molar-refractivity contribution in [1.29, 1.82) is 0 Å². The molecular formula is C19H30IN3O3S. The Morgan fingerprint density at radius 1 is 1.33 bits per heavy atom. The summed E-state index contributed by atoms with van der Waals surface area (Å²) in [4.78, 5) is 6.38. The van der Waals surface area contributed by atoms with Crippen molar-refractivity contribution in [2.24, 2.45) is 4.99 Å². The lowest BCUT2D eigenvalue weighted by Gasteiger charge is -2.39. The minimum atomic E-state index is -3.06. The summed E-state index contributed by atoms with van der Waals surface area (Å²) in [6.07, 6.45) is 3.83. The number of nitrogens with zero attached hydrogens (tertiary/aromatic N) is 2. The highest BCUT2D eigenvalue weighted by atomic mass is 127. The molecule has 1 aromatic carbocycles. The first-order valence-electron chi connectivity index (χ1n) is 9.25. The number of hydrogen-bond donors (Lipinski definition) is 1. The molecule has 0 spiro atoms. The molecule has 1 saturated carbocycles. The summed E-state index contributed by atoms with van der Waals surface area (Å²) >= 11 is 0. The first-order chi connectivity index (χ1) is 12.3. The summed E-state index contributed by atoms with van der Waals surface area (Å²) in [5.74, 6) is 1.80. The van der Waals surface area contributed by atoms with Crippen LogP contribution in [0.1, 0.15) is 38.7 Å². The lowest BCUT2D eigenvalue weighted by molar-refractivity contribution is 0.119. The van der Waals surface area contributed by atoms with Gasteiger partial charge in [0.25, 0.3) is 0 Å². The van der Waals surface area contributed by atoms with Crippen LogP contribution in [0, 0.1) is 0 Å². The molecule has 0 radical (unpaired) electrons. The molecule has 0 bridgehead atoms. The molecule has 6 nitrogen and oxygen atoms in total. The summed E-state index contributed by atoms with van der Waals surface area (Å²) < 4.78 is 29.7. The van der Waals surface area contributed by atoms with Crippen LogP contribution in [0.15, 0.2) is 29.3 Å². The van der Waals surface area contributed by atoms with Crippen LogP contribution in [0.25, 0.3) is 0 Å². The Labute approximate surface area is 179 Å². The third-order valence-corrected chi connectivity index (χ3v) is 7.84. The Bertz CT molecular complexity index is 776. The van der Waals surface area contributed by atoms with Gasteiger partial charge in [-0.1, -0.05) is 18.2 Å². The van der Waals surface area contributed by atoms with E-state index in [1.54, 1.807) is 20.9 Å². The fourth-order valence-electron chi connectivity index (χ4n) is 3.26. The molecule has 3 rings (SSSR count). The molecule has 0 unspecified atom stereocenters. The van der Waals surface area contributed by atoms with Crippen LogP contribution >= 0.6 is 24.0 Å². The number of hydrogen-bond acceptors (Lipinski definition) is 4. The number of aliphatic imine (C=N–C) groups is 1. The maximum atomic E-state index is 12.2. The Balaban J connectivity index is 0.00000261. The minimum absolute atomic E-state index is 0. The summed E-state index contributed by atoms with van der Waals surface area (Å²) in [7, 11) is -1.33. The number of ether oxygens (including phenoxy) is 1. The maximum Gasteiger partial charge on any atom is 0.193 e. The molecule has 2 aliphatic rings. The van der Waals surface area contributed by atoms with Gasteiger partial charge in [0, 0.05) is 32.2 Å². The van der Waals surface area contributed by atoms with Crippen LogP contribution in [-0.2, 0) is 16.4 Å². The Morgan fingerprint density at radius 3 is 2.63 bits per heavy atom. The number of benzene rings is 1. The van der Waals surface area contributed by atoms with Gasteiger partial charge in [-0.05, 0) is 39.2 Å². The second kappa shape index (κ2) is 8.98. The van der Waals surface area contributed by atoms with Gasteiger partial charge < -0.3 is 15.0 Å². The molecule has 1 aliphatic carbocycles. The van der Waals surface area contributed by atoms with E-state index in [0.717, 1.165) is 30.1 Å². The number of halogens is 1. The normalized spacial score (nSPS) is 21.7. The van der Waals surface area contributed by atoms with E-state index in [9.17, 15) is 8.42 Å². The molecule has 0 aromatic heterocycles. The molecule has 1 aromatic rings. The van der Waals surface area contributed by atoms with Crippen molar-refractivity contribution in [1.82, 2.24) is 10.2 Å². The molecule has 1 saturated heterocycles. The molecule has 1 heterocycles. The van der Waals surface area contributed by atoms with Crippen LogP contribution in [0.3, 0.4) is 0 Å². The molecule has 27 heavy (non-hydrogen) atoms. The maximum absolute atomic E-state index is 12.2. The van der Waals surface area contributed by atoms with E-state index in [2.05, 4.69) is 16.4 Å². The van der Waals surface area contributed by atoms with E-state index in [4.69, 9.17) is 4.74 Å². The average Bonchev–Trinajstić information content (AvgIpc) is 2.56. The van der Waals surface area contributed by atoms with E-state index in [0.29, 0.717) is 25.7 Å². The highest BCUT2D eigenvalue weighted by Gasteiger charge is 2.40. The van der Waals surface area contributed by atoms with E-state index in [-0.39, 0.29) is 29.7 Å². The first kappa shape index (κ1) is 22.3. The summed E-state index contributed by atoms with van der Waals surface area (Å²) in [5.41, 5.74) is 1.09. The highest BCUT2D eigenvalue weighted by molar-refractivity contribution is 14.0. The van der Waals surface area contributed by atoms with Gasteiger partial charge in [-0.25, -0.2) is 8.42 Å². The quantitative estimate of drug-likeness (QED) is 0.386. The lowest BCUT2D eigenvalue weighted by Crippen LogP contribution is -2.57. The van der Waals surface area contributed by atoms with Gasteiger partial charge in [-0.3, -0.25) is 4.99 Å². The molecule has 8 heteroatoms. The summed E-state index contributed by atoms with van der Waals surface area (Å²) in [6, 6.07) is 8.06. The zero-order valence-electron chi connectivity index (χ0n) is 16.3. The van der Waals surface area contributed by atoms with Crippen LogP contribution in [-0.4, -0.2) is 56.0 Å². The lowest BCUT2D eigenvalue weighted by atomic mass is 9.96. The van der Waals surface area contributed by atoms with E-state index in [1.165, 1.54) is 6.42 Å². The largest absolute Gasteiger partial charge is 0.490 e. The van der Waals surface area contributed by atoms with Crippen molar-refractivity contribution in [3.8, 4) is 5.75 Å². The van der Waals surface area contributed by atoms with Gasteiger partial charge in [-0.15, -0.1) is 24.0 Å². The Kier molecular flexibility index (Phi) is 7.40. The number of guanidine groups is 1. The van der Waals surface area contributed by atoms with Crippen molar-refractivity contribution in [2.45, 2.75) is 50.5 Å². The van der Waals surface area contributed by atoms with Gasteiger partial charge in [0.1, 0.15) is 5.75 Å². The summed E-state index contributed by atoms with van der Waals surface area (Å²) in [6.45, 7) is 5.06. The number of rotatable bonds is 4. The second-order valence-corrected chi connectivity index (χ2v) is 10.4. The molecule has 1 N–H and O–H groups in total. The number of nitrogens with one attached hydrogen (secondary N) is 1. The Hall–Kier alpha value is -1.03. The van der Waals surface area contributed by atoms with Gasteiger partial charge in [0.2, 0.25) is 0 Å². The minimum Gasteiger partial charge on any atom is -0.490 e. The average molecular weight is 507 g/mol. The highest BCUT2D eigenvalue weighted by Crippen LogP contribution is 2.28. The molecule has 152 valence electrons. The van der Waals surface area contributed by atoms with Crippen molar-refractivity contribution in [3.05, 3.63) is 29.8 Å². The zero-order valence-corrected chi connectivity index (χ0v) is 19.4. The van der Waals surface area contributed by atoms with Crippen LogP contribution in [0.2, 0.25) is 0 Å². The monoisotopic (exact) mass is 507 g/mol. The molecule has 2 fully saturated rings. The molecule has 0 atom stereocenters. The number of sulfone groups is 1. The molecule has 0 amide bonds. The zero-order chi connectivity index (χ0) is 18.8. The van der Waals surface area contributed by atoms with Gasteiger partial charge in [-0.2, -0.15) is 0 Å². The van der Waals surface area contributed by atoms with Gasteiger partial charge in [0.05, 0.1) is 16.6 Å². The third kappa shape index (κ3) is 5.07. The SMILES string of the molecule is CN=C(NCc1ccccc1OC1CCC1)N1CCS(=O)(=O)C(C)(C)C1.I. The molecule has 1 aliphatic heterocycles. The standard InChI is InChI=1S/C19H29N3O3S.HI/c1-19(2)14-22(11-12-26(19,23)24)18(20-3)21-13-15-7-4-5-10-17(15)25-16-8-6-9-16;/h4-5,7,10,16H,6,8-9,11-14H2,1-3H3,(H,20,21);1H. The fourth-order valence-corrected chi connectivity index (χ4v) is 4.63. The van der Waals surface area contributed by atoms with Gasteiger partial charge in [0.15, 0.2) is 15.8 Å². The second-order valence-electron chi connectivity index (χ2n) is 7.68. The van der Waals surface area contributed by atoms with Crippen molar-refractivity contribution >= 4 is 39.8 Å². The Morgan fingerprint density at radius 2 is 2.04 bits per heavy atom. The first-order valence-corrected chi connectivity index (χ1v) is 10.9. The van der Waals surface area contributed by atoms with E-state index < -0.39 is 14.6 Å². The number of para-hydroxylation sites is 1. The van der Waals surface area contributed by atoms with E-state index >= 15 is 0 Å². The predicted octanol–water partition coefficient (Wildman–Crippen LogP) is 2.82. The van der Waals surface area contributed by atoms with Crippen molar-refractivity contribution < 1.29 is 13.2 Å². The predicted molar refractivity (Wildman–Crippen MR) is 120 cm³/mol. The third-order valence-electron chi connectivity index (χ3n) is 5.31. The smallest absolute Gasteiger partial charge is 0.193 e. The van der Waals surface area contributed by atoms with Crippen molar-refractivity contribution in [2.75, 3.05) is 25.9 Å². The van der Waals surface area contributed by atoms with Crippen molar-refractivity contribution in [3.63, 3.8) is 0 Å².